The number of amides is 1. The molecule has 30 heavy (non-hydrogen) atoms. The van der Waals surface area contributed by atoms with Gasteiger partial charge in [-0.05, 0) is 26.7 Å². The molecule has 3 N–H and O–H groups in total. The Morgan fingerprint density at radius 3 is 2.60 bits per heavy atom. The number of hydrogen-bond donors (Lipinski definition) is 3. The van der Waals surface area contributed by atoms with Gasteiger partial charge >= 0.3 is 0 Å². The summed E-state index contributed by atoms with van der Waals surface area (Å²) in [6.45, 7) is 10.3. The third-order valence-corrected chi connectivity index (χ3v) is 6.92. The molecule has 0 bridgehead atoms. The number of guanidine groups is 1. The van der Waals surface area contributed by atoms with Gasteiger partial charge in [-0.15, -0.1) is 11.3 Å². The van der Waals surface area contributed by atoms with Gasteiger partial charge in [-0.25, -0.2) is 4.98 Å². The van der Waals surface area contributed by atoms with E-state index in [0.717, 1.165) is 51.0 Å². The number of nitrogens with one attached hydrogen (secondary N) is 3. The lowest BCUT2D eigenvalue weighted by Gasteiger charge is -2.47. The van der Waals surface area contributed by atoms with Crippen LogP contribution in [0.4, 0.5) is 0 Å². The minimum absolute atomic E-state index is 0.0628. The molecule has 168 valence electrons. The quantitative estimate of drug-likeness (QED) is 0.327. The summed E-state index contributed by atoms with van der Waals surface area (Å²) in [7, 11) is 0. The molecular weight excluding hydrogens is 400 g/mol. The van der Waals surface area contributed by atoms with E-state index in [4.69, 9.17) is 9.73 Å². The van der Waals surface area contributed by atoms with Crippen LogP contribution in [-0.4, -0.2) is 79.8 Å². The molecule has 1 saturated carbocycles. The van der Waals surface area contributed by atoms with Crippen molar-refractivity contribution in [3.05, 3.63) is 16.1 Å². The number of thiazole rings is 1. The number of nitrogens with zero attached hydrogens (tertiary/aromatic N) is 3. The van der Waals surface area contributed by atoms with Crippen molar-refractivity contribution in [2.45, 2.75) is 51.5 Å². The van der Waals surface area contributed by atoms with E-state index < -0.39 is 0 Å². The Morgan fingerprint density at radius 2 is 1.93 bits per heavy atom. The molecule has 0 unspecified atom stereocenters. The number of hydrogen-bond acceptors (Lipinski definition) is 6. The highest BCUT2D eigenvalue weighted by atomic mass is 32.1. The van der Waals surface area contributed by atoms with Crippen molar-refractivity contribution < 1.29 is 9.53 Å². The number of rotatable bonds is 8. The molecule has 1 saturated heterocycles. The minimum atomic E-state index is -0.0628. The van der Waals surface area contributed by atoms with E-state index in [1.165, 1.54) is 43.4 Å². The summed E-state index contributed by atoms with van der Waals surface area (Å²) in [5, 5.41) is 9.66. The number of ether oxygens (including phenoxy) is 1. The minimum Gasteiger partial charge on any atom is -0.379 e. The van der Waals surface area contributed by atoms with Gasteiger partial charge < -0.3 is 20.7 Å². The molecule has 8 nitrogen and oxygen atoms in total. The summed E-state index contributed by atoms with van der Waals surface area (Å²) < 4.78 is 5.58. The second-order valence-corrected chi connectivity index (χ2v) is 8.88. The topological polar surface area (TPSA) is 90.9 Å². The third kappa shape index (κ3) is 6.15. The van der Waals surface area contributed by atoms with Crippen LogP contribution in [0.15, 0.2) is 10.5 Å². The molecule has 9 heteroatoms. The van der Waals surface area contributed by atoms with Crippen molar-refractivity contribution >= 4 is 23.2 Å². The van der Waals surface area contributed by atoms with Crippen LogP contribution in [0.2, 0.25) is 0 Å². The van der Waals surface area contributed by atoms with Crippen molar-refractivity contribution in [3.8, 4) is 0 Å². The fourth-order valence-corrected chi connectivity index (χ4v) is 5.07. The molecule has 0 radical (unpaired) electrons. The lowest BCUT2D eigenvalue weighted by molar-refractivity contribution is -0.0333. The first kappa shape index (κ1) is 23.0. The average molecular weight is 437 g/mol. The Bertz CT molecular complexity index is 695. The molecular formula is C21H36N6O2S. The Balaban J connectivity index is 1.53. The normalized spacial score (nSPS) is 20.0. The Labute approximate surface area is 183 Å². The molecule has 1 aliphatic carbocycles. The van der Waals surface area contributed by atoms with Gasteiger partial charge in [0.1, 0.15) is 4.88 Å². The first-order valence-corrected chi connectivity index (χ1v) is 12.1. The van der Waals surface area contributed by atoms with E-state index >= 15 is 0 Å². The lowest BCUT2D eigenvalue weighted by atomic mass is 9.80. The van der Waals surface area contributed by atoms with Crippen molar-refractivity contribution in [1.29, 1.82) is 0 Å². The summed E-state index contributed by atoms with van der Waals surface area (Å²) in [6, 6.07) is 0. The molecule has 2 aliphatic rings. The van der Waals surface area contributed by atoms with E-state index in [1.54, 1.807) is 5.51 Å². The molecule has 0 aromatic carbocycles. The molecule has 1 aliphatic heterocycles. The smallest absolute Gasteiger partial charge is 0.263 e. The van der Waals surface area contributed by atoms with Gasteiger partial charge in [-0.3, -0.25) is 14.7 Å². The summed E-state index contributed by atoms with van der Waals surface area (Å²) in [6.07, 6.45) is 6.30. The Morgan fingerprint density at radius 1 is 1.20 bits per heavy atom. The molecule has 0 atom stereocenters. The van der Waals surface area contributed by atoms with Crippen molar-refractivity contribution in [1.82, 2.24) is 25.8 Å². The van der Waals surface area contributed by atoms with Crippen molar-refractivity contribution in [2.24, 2.45) is 4.99 Å². The van der Waals surface area contributed by atoms with Crippen LogP contribution in [0, 0.1) is 6.92 Å². The maximum absolute atomic E-state index is 12.2. The lowest BCUT2D eigenvalue weighted by Crippen LogP contribution is -2.56. The first-order valence-electron chi connectivity index (χ1n) is 11.2. The largest absolute Gasteiger partial charge is 0.379 e. The van der Waals surface area contributed by atoms with Crippen molar-refractivity contribution in [3.63, 3.8) is 0 Å². The molecule has 1 amide bonds. The van der Waals surface area contributed by atoms with E-state index in [1.807, 2.05) is 6.92 Å². The zero-order valence-electron chi connectivity index (χ0n) is 18.3. The summed E-state index contributed by atoms with van der Waals surface area (Å²) in [5.74, 6) is 0.756. The maximum atomic E-state index is 12.2. The van der Waals surface area contributed by atoms with Crippen LogP contribution >= 0.6 is 11.3 Å². The first-order chi connectivity index (χ1) is 14.6. The van der Waals surface area contributed by atoms with Crippen LogP contribution in [0.25, 0.3) is 0 Å². The van der Waals surface area contributed by atoms with E-state index in [9.17, 15) is 4.79 Å². The average Bonchev–Trinajstić information content (AvgIpc) is 3.22. The fourth-order valence-electron chi connectivity index (χ4n) is 4.35. The summed E-state index contributed by atoms with van der Waals surface area (Å²) in [5.41, 5.74) is 2.64. The van der Waals surface area contributed by atoms with Gasteiger partial charge in [0.05, 0.1) is 31.0 Å². The molecule has 2 fully saturated rings. The van der Waals surface area contributed by atoms with Gasteiger partial charge in [0, 0.05) is 38.3 Å². The third-order valence-electron chi connectivity index (χ3n) is 6.00. The van der Waals surface area contributed by atoms with E-state index in [2.05, 4.69) is 32.8 Å². The maximum Gasteiger partial charge on any atom is 0.263 e. The van der Waals surface area contributed by atoms with E-state index in [-0.39, 0.29) is 11.4 Å². The molecule has 2 heterocycles. The van der Waals surface area contributed by atoms with Crippen LogP contribution < -0.4 is 16.0 Å². The zero-order valence-corrected chi connectivity index (χ0v) is 19.2. The zero-order chi connectivity index (χ0) is 21.2. The van der Waals surface area contributed by atoms with E-state index in [0.29, 0.717) is 18.0 Å². The molecule has 3 rings (SSSR count). The second-order valence-electron chi connectivity index (χ2n) is 8.03. The Hall–Kier alpha value is -1.71. The highest BCUT2D eigenvalue weighted by molar-refractivity contribution is 7.11. The SMILES string of the molecule is CCNC(=NCC1(N2CCOCC2)CCCCC1)NCCNC(=O)c1scnc1C. The number of carbonyl (C=O) groups is 1. The number of aryl methyl sites for hydroxylation is 1. The summed E-state index contributed by atoms with van der Waals surface area (Å²) >= 11 is 1.37. The number of aromatic nitrogens is 1. The van der Waals surface area contributed by atoms with Crippen LogP contribution in [0.5, 0.6) is 0 Å². The number of aliphatic imine (C=N–C) groups is 1. The van der Waals surface area contributed by atoms with Gasteiger partial charge in [0.15, 0.2) is 5.96 Å². The molecule has 1 aromatic rings. The highest BCUT2D eigenvalue weighted by Gasteiger charge is 2.38. The van der Waals surface area contributed by atoms with Crippen LogP contribution in [0.1, 0.15) is 54.4 Å². The molecule has 0 spiro atoms. The second kappa shape index (κ2) is 11.6. The predicted octanol–water partition coefficient (Wildman–Crippen LogP) is 1.77. The van der Waals surface area contributed by atoms with Crippen LogP contribution in [-0.2, 0) is 4.74 Å². The van der Waals surface area contributed by atoms with Gasteiger partial charge in [-0.2, -0.15) is 0 Å². The van der Waals surface area contributed by atoms with Gasteiger partial charge in [-0.1, -0.05) is 19.3 Å². The number of morpholine rings is 1. The van der Waals surface area contributed by atoms with Gasteiger partial charge in [0.25, 0.3) is 5.91 Å². The predicted molar refractivity (Wildman–Crippen MR) is 121 cm³/mol. The fraction of sp³-hybridized carbons (Fsp3) is 0.762. The summed E-state index contributed by atoms with van der Waals surface area (Å²) in [4.78, 5) is 24.6. The van der Waals surface area contributed by atoms with Crippen molar-refractivity contribution in [2.75, 3.05) is 52.5 Å². The Kier molecular flexibility index (Phi) is 8.89. The van der Waals surface area contributed by atoms with Crippen LogP contribution in [0.3, 0.4) is 0 Å². The van der Waals surface area contributed by atoms with Gasteiger partial charge in [0.2, 0.25) is 0 Å². The highest BCUT2D eigenvalue weighted by Crippen LogP contribution is 2.34. The molecule has 1 aromatic heterocycles. The number of carbonyl (C=O) groups excluding carboxylic acids is 1. The monoisotopic (exact) mass is 436 g/mol. The standard InChI is InChI=1S/C21H36N6O2S/c1-3-22-20(24-10-9-23-19(28)18-17(2)26-16-30-18)25-15-21(7-5-4-6-8-21)27-11-13-29-14-12-27/h16H,3-15H2,1-2H3,(H,23,28)(H2,22,24,25).